The van der Waals surface area contributed by atoms with E-state index in [1.807, 2.05) is 13.1 Å². The maximum absolute atomic E-state index is 10.8. The second-order valence-corrected chi connectivity index (χ2v) is 9.80. The summed E-state index contributed by atoms with van der Waals surface area (Å²) in [4.78, 5) is 20.9. The van der Waals surface area contributed by atoms with Crippen molar-refractivity contribution in [3.8, 4) is 0 Å². The summed E-state index contributed by atoms with van der Waals surface area (Å²) < 4.78 is -0.364. The molecule has 62 valence electrons. The summed E-state index contributed by atoms with van der Waals surface area (Å²) in [5.41, 5.74) is 1.46. The van der Waals surface area contributed by atoms with E-state index in [2.05, 4.69) is 31.9 Å². The summed E-state index contributed by atoms with van der Waals surface area (Å²) in [6.07, 6.45) is 0. The highest BCUT2D eigenvalue weighted by Crippen LogP contribution is 2.20. The number of alkyl halides is 1. The number of carbonyl (C=O) groups is 1. The van der Waals surface area contributed by atoms with Crippen molar-refractivity contribution in [1.29, 1.82) is 0 Å². The summed E-state index contributed by atoms with van der Waals surface area (Å²) >= 11 is 6.06. The van der Waals surface area contributed by atoms with Crippen LogP contribution in [-0.2, 0) is 9.59 Å². The smallest absolute Gasteiger partial charge is 0.208 e. The molecule has 0 fully saturated rings. The molecule has 0 heterocycles. The van der Waals surface area contributed by atoms with Gasteiger partial charge in [-0.05, 0) is 21.6 Å². The molecule has 0 spiro atoms. The summed E-state index contributed by atoms with van der Waals surface area (Å²) in [7, 11) is -1.90. The standard InChI is InChI=1S/C6H8Br2O2Si/c1-11(2,4-3-9)6(8)5(7)10/h4,6H,1-2H3. The number of hydrogen-bond acceptors (Lipinski definition) is 2. The highest BCUT2D eigenvalue weighted by atomic mass is 79.9. The molecule has 11 heavy (non-hydrogen) atoms. The lowest BCUT2D eigenvalue weighted by Gasteiger charge is -2.19. The lowest BCUT2D eigenvalue weighted by molar-refractivity contribution is -0.108. The van der Waals surface area contributed by atoms with E-state index in [0.29, 0.717) is 0 Å². The molecule has 5 heteroatoms. The molecule has 2 nitrogen and oxygen atoms in total. The molecular formula is C6H8Br2O2Si. The van der Waals surface area contributed by atoms with E-state index in [0.717, 1.165) is 0 Å². The molecule has 0 saturated heterocycles. The highest BCUT2D eigenvalue weighted by Gasteiger charge is 2.32. The van der Waals surface area contributed by atoms with Gasteiger partial charge in [0.05, 0.1) is 4.45 Å². The van der Waals surface area contributed by atoms with Crippen LogP contribution in [-0.4, -0.2) is 23.2 Å². The Morgan fingerprint density at radius 3 is 2.36 bits per heavy atom. The van der Waals surface area contributed by atoms with E-state index in [1.54, 1.807) is 5.94 Å². The van der Waals surface area contributed by atoms with Crippen LogP contribution < -0.4 is 0 Å². The SMILES string of the molecule is C[Si](C)(C=C=O)C(Br)C(=O)Br. The Labute approximate surface area is 83.3 Å². The minimum atomic E-state index is -1.90. The van der Waals surface area contributed by atoms with Crippen molar-refractivity contribution < 1.29 is 9.59 Å². The van der Waals surface area contributed by atoms with E-state index in [9.17, 15) is 9.59 Å². The van der Waals surface area contributed by atoms with Crippen molar-refractivity contribution in [1.82, 2.24) is 0 Å². The van der Waals surface area contributed by atoms with Gasteiger partial charge in [-0.3, -0.25) is 4.79 Å². The third-order valence-electron chi connectivity index (χ3n) is 1.28. The Morgan fingerprint density at radius 2 is 2.09 bits per heavy atom. The van der Waals surface area contributed by atoms with Gasteiger partial charge in [-0.25, -0.2) is 4.79 Å². The zero-order valence-corrected chi connectivity index (χ0v) is 10.4. The van der Waals surface area contributed by atoms with Gasteiger partial charge in [0.15, 0.2) is 0 Å². The molecule has 0 rings (SSSR count). The van der Waals surface area contributed by atoms with Gasteiger partial charge in [0, 0.05) is 0 Å². The van der Waals surface area contributed by atoms with E-state index in [-0.39, 0.29) is 9.14 Å². The zero-order valence-electron chi connectivity index (χ0n) is 6.23. The largest absolute Gasteiger partial charge is 0.286 e. The van der Waals surface area contributed by atoms with Crippen LogP contribution in [0.2, 0.25) is 13.1 Å². The quantitative estimate of drug-likeness (QED) is 0.345. The maximum atomic E-state index is 10.8. The maximum Gasteiger partial charge on any atom is 0.208 e. The first-order valence-corrected chi connectivity index (χ1v) is 7.83. The van der Waals surface area contributed by atoms with Crippen LogP contribution in [0.1, 0.15) is 0 Å². The Hall–Kier alpha value is 0.297. The van der Waals surface area contributed by atoms with Gasteiger partial charge in [-0.2, -0.15) is 0 Å². The van der Waals surface area contributed by atoms with Gasteiger partial charge in [0.25, 0.3) is 0 Å². The van der Waals surface area contributed by atoms with Gasteiger partial charge < -0.3 is 0 Å². The Kier molecular flexibility index (Phi) is 4.47. The Bertz CT molecular complexity index is 209. The zero-order chi connectivity index (χ0) is 9.07. The molecule has 0 aromatic heterocycles. The van der Waals surface area contributed by atoms with Gasteiger partial charge in [0.1, 0.15) is 14.0 Å². The molecule has 0 aliphatic rings. The van der Waals surface area contributed by atoms with Gasteiger partial charge in [-0.1, -0.05) is 29.0 Å². The Morgan fingerprint density at radius 1 is 1.64 bits per heavy atom. The molecule has 0 radical (unpaired) electrons. The monoisotopic (exact) mass is 298 g/mol. The molecule has 0 saturated carbocycles. The normalized spacial score (nSPS) is 13.5. The van der Waals surface area contributed by atoms with E-state index < -0.39 is 8.07 Å². The van der Waals surface area contributed by atoms with E-state index >= 15 is 0 Å². The third-order valence-corrected chi connectivity index (χ3v) is 9.16. The van der Waals surface area contributed by atoms with Crippen molar-refractivity contribution in [2.24, 2.45) is 0 Å². The molecule has 1 atom stereocenters. The van der Waals surface area contributed by atoms with Crippen LogP contribution >= 0.6 is 31.9 Å². The third kappa shape index (κ3) is 3.47. The van der Waals surface area contributed by atoms with Gasteiger partial charge in [0.2, 0.25) is 4.69 Å². The molecule has 1 unspecified atom stereocenters. The Balaban J connectivity index is 4.54. The highest BCUT2D eigenvalue weighted by molar-refractivity contribution is 9.20. The number of rotatable bonds is 3. The lowest BCUT2D eigenvalue weighted by atomic mass is 10.9. The van der Waals surface area contributed by atoms with Crippen LogP contribution in [0, 0.1) is 0 Å². The minimum absolute atomic E-state index is 0.110. The average molecular weight is 300 g/mol. The second-order valence-electron chi connectivity index (χ2n) is 2.75. The van der Waals surface area contributed by atoms with E-state index in [4.69, 9.17) is 0 Å². The molecule has 0 aliphatic heterocycles. The van der Waals surface area contributed by atoms with E-state index in [1.165, 1.54) is 5.70 Å². The fourth-order valence-electron chi connectivity index (χ4n) is 0.518. The average Bonchev–Trinajstić information content (AvgIpc) is 1.86. The first-order chi connectivity index (χ1) is 4.91. The predicted octanol–water partition coefficient (Wildman–Crippen LogP) is 1.85. The van der Waals surface area contributed by atoms with Crippen LogP contribution in [0.3, 0.4) is 0 Å². The lowest BCUT2D eigenvalue weighted by Crippen LogP contribution is -2.39. The summed E-state index contributed by atoms with van der Waals surface area (Å²) in [6, 6.07) is 0. The number of halogens is 2. The summed E-state index contributed by atoms with van der Waals surface area (Å²) in [6.45, 7) is 3.83. The molecular weight excluding hydrogens is 292 g/mol. The molecule has 0 amide bonds. The summed E-state index contributed by atoms with van der Waals surface area (Å²) in [5, 5.41) is 0. The fraction of sp³-hybridized carbons (Fsp3) is 0.500. The minimum Gasteiger partial charge on any atom is -0.286 e. The first-order valence-electron chi connectivity index (χ1n) is 2.97. The van der Waals surface area contributed by atoms with Crippen molar-refractivity contribution >= 4 is 50.6 Å². The molecule has 0 aromatic carbocycles. The van der Waals surface area contributed by atoms with Gasteiger partial charge in [-0.15, -0.1) is 0 Å². The number of hydrogen-bond donors (Lipinski definition) is 0. The van der Waals surface area contributed by atoms with Crippen LogP contribution in [0.15, 0.2) is 5.70 Å². The van der Waals surface area contributed by atoms with Crippen molar-refractivity contribution in [2.75, 3.05) is 0 Å². The van der Waals surface area contributed by atoms with Crippen molar-refractivity contribution in [3.63, 3.8) is 0 Å². The van der Waals surface area contributed by atoms with Crippen LogP contribution in [0.4, 0.5) is 0 Å². The second kappa shape index (κ2) is 4.35. The fourth-order valence-corrected chi connectivity index (χ4v) is 3.72. The summed E-state index contributed by atoms with van der Waals surface area (Å²) in [5.74, 6) is 1.73. The molecule has 0 aromatic rings. The van der Waals surface area contributed by atoms with Crippen LogP contribution in [0.5, 0.6) is 0 Å². The predicted molar refractivity (Wildman–Crippen MR) is 54.4 cm³/mol. The van der Waals surface area contributed by atoms with Crippen molar-refractivity contribution in [3.05, 3.63) is 5.70 Å². The van der Waals surface area contributed by atoms with Crippen LogP contribution in [0.25, 0.3) is 0 Å². The molecule has 0 N–H and O–H groups in total. The first kappa shape index (κ1) is 11.3. The van der Waals surface area contributed by atoms with Crippen molar-refractivity contribution in [2.45, 2.75) is 17.5 Å². The van der Waals surface area contributed by atoms with Gasteiger partial charge >= 0.3 is 0 Å². The molecule has 0 aliphatic carbocycles. The topological polar surface area (TPSA) is 34.1 Å². The molecule has 0 bridgehead atoms. The number of carbonyl (C=O) groups excluding carboxylic acids is 2.